The second kappa shape index (κ2) is 12.1. The van der Waals surface area contributed by atoms with Crippen LogP contribution in [0.15, 0.2) is 57.8 Å². The summed E-state index contributed by atoms with van der Waals surface area (Å²) in [5.74, 6) is -1.24. The van der Waals surface area contributed by atoms with Gasteiger partial charge in [0.1, 0.15) is 28.5 Å². The maximum absolute atomic E-state index is 13.9. The number of carbonyl (C=O) groups excluding carboxylic acids is 1. The number of rotatable bonds is 8. The fraction of sp³-hybridized carbons (Fsp3) is 0.250. The van der Waals surface area contributed by atoms with E-state index < -0.39 is 11.6 Å². The average molecular weight is 557 g/mol. The van der Waals surface area contributed by atoms with E-state index in [1.807, 2.05) is 24.3 Å². The molecule has 0 aliphatic rings. The van der Waals surface area contributed by atoms with E-state index in [9.17, 15) is 18.4 Å². The van der Waals surface area contributed by atoms with Crippen LogP contribution in [-0.2, 0) is 24.5 Å². The highest BCUT2D eigenvalue weighted by Gasteiger charge is 2.14. The smallest absolute Gasteiger partial charge is 0.269 e. The van der Waals surface area contributed by atoms with Crippen molar-refractivity contribution >= 4 is 34.2 Å². The molecule has 0 bridgehead atoms. The van der Waals surface area contributed by atoms with Crippen LogP contribution in [0.5, 0.6) is 5.75 Å². The Hall–Kier alpha value is -2.75. The summed E-state index contributed by atoms with van der Waals surface area (Å²) in [6.45, 7) is 2.39. The average Bonchev–Trinajstić information content (AvgIpc) is 2.79. The highest BCUT2D eigenvalue weighted by atomic mass is 79.9. The fourth-order valence-corrected chi connectivity index (χ4v) is 3.70. The third kappa shape index (κ3) is 6.65. The molecule has 3 rings (SSSR count). The van der Waals surface area contributed by atoms with Crippen LogP contribution in [0, 0.1) is 18.6 Å². The van der Waals surface area contributed by atoms with Gasteiger partial charge < -0.3 is 19.9 Å². The number of amides is 1. The predicted octanol–water partition coefficient (Wildman–Crippen LogP) is 4.16. The molecule has 0 unspecified atom stereocenters. The minimum absolute atomic E-state index is 0. The standard InChI is InChI=1S/C24H24BrF2N3O3.ClH/c1-15-9-21(33-14-18-7-8-19(26)10-20(18)27)23(25)24(32)30(15)13-17-5-3-16(4-6-17)12-29(2)22(31)11-28;/h3-10H,11-14,28H2,1-2H3;1H. The molecular weight excluding hydrogens is 532 g/mol. The molecule has 0 atom stereocenters. The molecule has 1 aromatic heterocycles. The number of likely N-dealkylation sites (N-methyl/N-ethyl adjacent to an activating group) is 1. The SMILES string of the molecule is Cc1cc(OCc2ccc(F)cc2F)c(Br)c(=O)n1Cc1ccc(CN(C)C(=O)CN)cc1.Cl. The molecule has 34 heavy (non-hydrogen) atoms. The third-order valence-corrected chi connectivity index (χ3v) is 5.93. The van der Waals surface area contributed by atoms with E-state index in [-0.39, 0.29) is 52.8 Å². The Morgan fingerprint density at radius 3 is 2.38 bits per heavy atom. The van der Waals surface area contributed by atoms with Crippen molar-refractivity contribution in [2.45, 2.75) is 26.6 Å². The van der Waals surface area contributed by atoms with Crippen LogP contribution in [0.1, 0.15) is 22.4 Å². The lowest BCUT2D eigenvalue weighted by atomic mass is 10.1. The molecule has 3 aromatic rings. The molecule has 0 spiro atoms. The number of nitrogens with two attached hydrogens (primary N) is 1. The molecular formula is C24H25BrClF2N3O3. The third-order valence-electron chi connectivity index (χ3n) is 5.20. The van der Waals surface area contributed by atoms with E-state index in [1.165, 1.54) is 6.07 Å². The second-order valence-corrected chi connectivity index (χ2v) is 8.44. The molecule has 1 heterocycles. The Balaban J connectivity index is 0.00000408. The zero-order chi connectivity index (χ0) is 24.1. The van der Waals surface area contributed by atoms with Gasteiger partial charge in [-0.15, -0.1) is 12.4 Å². The summed E-state index contributed by atoms with van der Waals surface area (Å²) in [7, 11) is 1.69. The van der Waals surface area contributed by atoms with Crippen LogP contribution >= 0.6 is 28.3 Å². The summed E-state index contributed by atoms with van der Waals surface area (Å²) in [6, 6.07) is 12.5. The number of ether oxygens (including phenoxy) is 1. The molecule has 0 saturated carbocycles. The normalized spacial score (nSPS) is 10.5. The molecule has 0 aliphatic carbocycles. The lowest BCUT2D eigenvalue weighted by Gasteiger charge is -2.17. The summed E-state index contributed by atoms with van der Waals surface area (Å²) in [4.78, 5) is 26.1. The lowest BCUT2D eigenvalue weighted by Crippen LogP contribution is -2.32. The number of nitrogens with zero attached hydrogens (tertiary/aromatic N) is 2. The molecule has 10 heteroatoms. The van der Waals surface area contributed by atoms with Gasteiger partial charge in [0.05, 0.1) is 13.1 Å². The van der Waals surface area contributed by atoms with Crippen LogP contribution in [0.4, 0.5) is 8.78 Å². The maximum Gasteiger partial charge on any atom is 0.269 e. The topological polar surface area (TPSA) is 77.6 Å². The van der Waals surface area contributed by atoms with Gasteiger partial charge in [0.25, 0.3) is 5.56 Å². The van der Waals surface area contributed by atoms with Gasteiger partial charge in [0.15, 0.2) is 0 Å². The van der Waals surface area contributed by atoms with E-state index in [2.05, 4.69) is 15.9 Å². The first-order valence-corrected chi connectivity index (χ1v) is 11.0. The summed E-state index contributed by atoms with van der Waals surface area (Å²) in [6.07, 6.45) is 0. The van der Waals surface area contributed by atoms with Crippen molar-refractivity contribution in [1.29, 1.82) is 0 Å². The lowest BCUT2D eigenvalue weighted by molar-refractivity contribution is -0.128. The summed E-state index contributed by atoms with van der Waals surface area (Å²) in [5.41, 5.74) is 7.80. The van der Waals surface area contributed by atoms with E-state index in [4.69, 9.17) is 10.5 Å². The minimum atomic E-state index is -0.710. The van der Waals surface area contributed by atoms with E-state index in [1.54, 1.807) is 29.5 Å². The molecule has 182 valence electrons. The number of pyridine rings is 1. The van der Waals surface area contributed by atoms with Crippen LogP contribution in [0.3, 0.4) is 0 Å². The molecule has 0 fully saturated rings. The van der Waals surface area contributed by atoms with Gasteiger partial charge in [0, 0.05) is 37.0 Å². The second-order valence-electron chi connectivity index (χ2n) is 7.65. The maximum atomic E-state index is 13.9. The van der Waals surface area contributed by atoms with Gasteiger partial charge >= 0.3 is 0 Å². The number of hydrogen-bond acceptors (Lipinski definition) is 4. The van der Waals surface area contributed by atoms with Gasteiger partial charge in [-0.2, -0.15) is 0 Å². The first-order chi connectivity index (χ1) is 15.7. The molecule has 0 aliphatic heterocycles. The molecule has 0 radical (unpaired) electrons. The Morgan fingerprint density at radius 1 is 1.12 bits per heavy atom. The first kappa shape index (κ1) is 27.5. The van der Waals surface area contributed by atoms with Crippen molar-refractivity contribution in [1.82, 2.24) is 9.47 Å². The highest BCUT2D eigenvalue weighted by molar-refractivity contribution is 9.10. The molecule has 0 saturated heterocycles. The number of benzene rings is 2. The molecule has 2 aromatic carbocycles. The predicted molar refractivity (Wildman–Crippen MR) is 132 cm³/mol. The monoisotopic (exact) mass is 555 g/mol. The van der Waals surface area contributed by atoms with E-state index >= 15 is 0 Å². The summed E-state index contributed by atoms with van der Waals surface area (Å²) < 4.78 is 34.4. The zero-order valence-corrected chi connectivity index (χ0v) is 21.1. The number of aryl methyl sites for hydroxylation is 1. The van der Waals surface area contributed by atoms with Crippen molar-refractivity contribution in [3.63, 3.8) is 0 Å². The minimum Gasteiger partial charge on any atom is -0.487 e. The fourth-order valence-electron chi connectivity index (χ4n) is 3.26. The van der Waals surface area contributed by atoms with Gasteiger partial charge in [-0.1, -0.05) is 24.3 Å². The Kier molecular flexibility index (Phi) is 9.78. The van der Waals surface area contributed by atoms with Crippen molar-refractivity contribution in [3.05, 3.63) is 97.4 Å². The van der Waals surface area contributed by atoms with Crippen molar-refractivity contribution in [2.75, 3.05) is 13.6 Å². The molecule has 1 amide bonds. The number of halogens is 4. The molecule has 2 N–H and O–H groups in total. The largest absolute Gasteiger partial charge is 0.487 e. The molecule has 6 nitrogen and oxygen atoms in total. The van der Waals surface area contributed by atoms with Gasteiger partial charge in [-0.25, -0.2) is 8.78 Å². The highest BCUT2D eigenvalue weighted by Crippen LogP contribution is 2.24. The van der Waals surface area contributed by atoms with Crippen LogP contribution < -0.4 is 16.0 Å². The van der Waals surface area contributed by atoms with Gasteiger partial charge in [-0.05, 0) is 46.1 Å². The summed E-state index contributed by atoms with van der Waals surface area (Å²) >= 11 is 3.28. The number of aromatic nitrogens is 1. The zero-order valence-electron chi connectivity index (χ0n) is 18.7. The van der Waals surface area contributed by atoms with Crippen LogP contribution in [0.25, 0.3) is 0 Å². The van der Waals surface area contributed by atoms with Crippen molar-refractivity contribution < 1.29 is 18.3 Å². The first-order valence-electron chi connectivity index (χ1n) is 10.2. The quantitative estimate of drug-likeness (QED) is 0.452. The Labute approximate surface area is 210 Å². The van der Waals surface area contributed by atoms with Crippen molar-refractivity contribution in [2.24, 2.45) is 5.73 Å². The number of carbonyl (C=O) groups is 1. The summed E-state index contributed by atoms with van der Waals surface area (Å²) in [5, 5.41) is 0. The van der Waals surface area contributed by atoms with Crippen LogP contribution in [0.2, 0.25) is 0 Å². The van der Waals surface area contributed by atoms with Gasteiger partial charge in [0.2, 0.25) is 5.91 Å². The Morgan fingerprint density at radius 2 is 1.76 bits per heavy atom. The van der Waals surface area contributed by atoms with E-state index in [0.29, 0.717) is 18.8 Å². The van der Waals surface area contributed by atoms with E-state index in [0.717, 1.165) is 23.3 Å². The Bertz CT molecular complexity index is 1220. The van der Waals surface area contributed by atoms with Crippen molar-refractivity contribution in [3.8, 4) is 5.75 Å². The van der Waals surface area contributed by atoms with Gasteiger partial charge in [-0.3, -0.25) is 9.59 Å². The van der Waals surface area contributed by atoms with Crippen LogP contribution in [-0.4, -0.2) is 29.0 Å². The number of hydrogen-bond donors (Lipinski definition) is 1.